The fourth-order valence-corrected chi connectivity index (χ4v) is 2.19. The zero-order valence-corrected chi connectivity index (χ0v) is 12.9. The van der Waals surface area contributed by atoms with E-state index in [0.717, 1.165) is 0 Å². The summed E-state index contributed by atoms with van der Waals surface area (Å²) in [6.07, 6.45) is 0.531. The molecular formula is C17H16N2O5. The van der Waals surface area contributed by atoms with Crippen LogP contribution in [0.3, 0.4) is 0 Å². The number of hydrogen-bond acceptors (Lipinski definition) is 6. The number of amides is 1. The van der Waals surface area contributed by atoms with Gasteiger partial charge in [0.1, 0.15) is 6.61 Å². The Bertz CT molecular complexity index is 775. The lowest BCUT2D eigenvalue weighted by molar-refractivity contribution is -0.130. The number of fused-ring (bicyclic) bond motifs is 1. The molecule has 3 rings (SSSR count). The second-order valence-corrected chi connectivity index (χ2v) is 5.00. The van der Waals surface area contributed by atoms with Crippen molar-refractivity contribution >= 4 is 12.1 Å². The molecule has 0 bridgehead atoms. The number of para-hydroxylation sites is 3. The summed E-state index contributed by atoms with van der Waals surface area (Å²) in [5, 5.41) is 13.8. The van der Waals surface area contributed by atoms with Gasteiger partial charge in [0.25, 0.3) is 5.91 Å². The summed E-state index contributed by atoms with van der Waals surface area (Å²) in [5.41, 5.74) is 2.79. The average Bonchev–Trinajstić information content (AvgIpc) is 2.62. The summed E-state index contributed by atoms with van der Waals surface area (Å²) in [6, 6.07) is 12.1. The van der Waals surface area contributed by atoms with Crippen molar-refractivity contribution in [2.24, 2.45) is 5.10 Å². The van der Waals surface area contributed by atoms with Gasteiger partial charge in [0.2, 0.25) is 6.10 Å². The average molecular weight is 328 g/mol. The van der Waals surface area contributed by atoms with Crippen LogP contribution in [0.2, 0.25) is 0 Å². The molecule has 0 aliphatic carbocycles. The van der Waals surface area contributed by atoms with Gasteiger partial charge < -0.3 is 19.3 Å². The molecule has 0 unspecified atom stereocenters. The maximum Gasteiger partial charge on any atom is 0.284 e. The third kappa shape index (κ3) is 3.24. The highest BCUT2D eigenvalue weighted by atomic mass is 16.6. The Labute approximate surface area is 138 Å². The molecule has 124 valence electrons. The summed E-state index contributed by atoms with van der Waals surface area (Å²) >= 11 is 0. The van der Waals surface area contributed by atoms with E-state index >= 15 is 0 Å². The van der Waals surface area contributed by atoms with E-state index in [4.69, 9.17) is 14.2 Å². The minimum absolute atomic E-state index is 0.0517. The molecule has 0 spiro atoms. The summed E-state index contributed by atoms with van der Waals surface area (Å²) in [6.45, 7) is 0.1000. The first-order chi connectivity index (χ1) is 11.7. The van der Waals surface area contributed by atoms with Crippen LogP contribution in [0.5, 0.6) is 23.0 Å². The highest BCUT2D eigenvalue weighted by Gasteiger charge is 2.26. The molecule has 7 heteroatoms. The minimum Gasteiger partial charge on any atom is -0.504 e. The van der Waals surface area contributed by atoms with Crippen molar-refractivity contribution in [3.05, 3.63) is 48.0 Å². The molecule has 1 aliphatic rings. The first-order valence-corrected chi connectivity index (χ1v) is 7.26. The first-order valence-electron chi connectivity index (χ1n) is 7.26. The number of hydrazone groups is 1. The number of nitrogens with one attached hydrogen (secondary N) is 1. The molecule has 1 amide bonds. The lowest BCUT2D eigenvalue weighted by Gasteiger charge is -2.24. The normalized spacial score (nSPS) is 16.0. The van der Waals surface area contributed by atoms with Gasteiger partial charge in [-0.15, -0.1) is 0 Å². The third-order valence-corrected chi connectivity index (χ3v) is 3.43. The highest BCUT2D eigenvalue weighted by Crippen LogP contribution is 2.31. The molecule has 1 heterocycles. The second-order valence-electron chi connectivity index (χ2n) is 5.00. The number of carbonyl (C=O) groups excluding carboxylic acids is 1. The number of phenolic OH excluding ortho intramolecular Hbond substituents is 1. The van der Waals surface area contributed by atoms with E-state index in [2.05, 4.69) is 10.5 Å². The van der Waals surface area contributed by atoms with E-state index in [1.54, 1.807) is 36.4 Å². The van der Waals surface area contributed by atoms with E-state index in [0.29, 0.717) is 22.8 Å². The van der Waals surface area contributed by atoms with Crippen molar-refractivity contribution in [3.8, 4) is 23.0 Å². The topological polar surface area (TPSA) is 89.4 Å². The minimum atomic E-state index is -0.795. The van der Waals surface area contributed by atoms with Crippen LogP contribution in [-0.2, 0) is 4.79 Å². The van der Waals surface area contributed by atoms with Crippen LogP contribution < -0.4 is 19.6 Å². The number of nitrogens with zero attached hydrogens (tertiary/aromatic N) is 1. The molecule has 2 N–H and O–H groups in total. The third-order valence-electron chi connectivity index (χ3n) is 3.43. The Morgan fingerprint density at radius 2 is 2.08 bits per heavy atom. The Hall–Kier alpha value is -3.22. The SMILES string of the molecule is COc1cccc(/C=N/NC(=O)[C@@H]2COc3ccccc3O2)c1O. The van der Waals surface area contributed by atoms with E-state index in [1.807, 2.05) is 6.07 Å². The Morgan fingerprint density at radius 1 is 1.29 bits per heavy atom. The van der Waals surface area contributed by atoms with Crippen LogP contribution in [0.4, 0.5) is 0 Å². The molecule has 2 aromatic carbocycles. The van der Waals surface area contributed by atoms with Gasteiger partial charge in [-0.3, -0.25) is 4.79 Å². The van der Waals surface area contributed by atoms with Crippen LogP contribution in [0.1, 0.15) is 5.56 Å². The van der Waals surface area contributed by atoms with Gasteiger partial charge in [-0.05, 0) is 24.3 Å². The molecule has 0 fully saturated rings. The maximum absolute atomic E-state index is 12.1. The van der Waals surface area contributed by atoms with Gasteiger partial charge >= 0.3 is 0 Å². The Kier molecular flexibility index (Phi) is 4.51. The van der Waals surface area contributed by atoms with Crippen LogP contribution in [-0.4, -0.2) is 37.0 Å². The van der Waals surface area contributed by atoms with Gasteiger partial charge in [-0.2, -0.15) is 5.10 Å². The number of aromatic hydroxyl groups is 1. The van der Waals surface area contributed by atoms with Crippen molar-refractivity contribution in [3.63, 3.8) is 0 Å². The lowest BCUT2D eigenvalue weighted by Crippen LogP contribution is -2.42. The lowest BCUT2D eigenvalue weighted by atomic mass is 10.2. The standard InChI is InChI=1S/C17H16N2O5/c1-22-14-8-4-5-11(16(14)20)9-18-19-17(21)15-10-23-12-6-2-3-7-13(12)24-15/h2-9,15,20H,10H2,1H3,(H,19,21)/b18-9+/t15-/m0/s1. The van der Waals surface area contributed by atoms with Crippen molar-refractivity contribution in [2.75, 3.05) is 13.7 Å². The smallest absolute Gasteiger partial charge is 0.284 e. The van der Waals surface area contributed by atoms with Crippen molar-refractivity contribution in [1.29, 1.82) is 0 Å². The van der Waals surface area contributed by atoms with Gasteiger partial charge in [-0.1, -0.05) is 18.2 Å². The fourth-order valence-electron chi connectivity index (χ4n) is 2.19. The number of rotatable bonds is 4. The van der Waals surface area contributed by atoms with Crippen LogP contribution >= 0.6 is 0 Å². The molecule has 1 aliphatic heterocycles. The molecule has 2 aromatic rings. The van der Waals surface area contributed by atoms with E-state index in [9.17, 15) is 9.90 Å². The fraction of sp³-hybridized carbons (Fsp3) is 0.176. The second kappa shape index (κ2) is 6.91. The largest absolute Gasteiger partial charge is 0.504 e. The van der Waals surface area contributed by atoms with Crippen LogP contribution in [0.25, 0.3) is 0 Å². The summed E-state index contributed by atoms with van der Waals surface area (Å²) in [5.74, 6) is 0.947. The molecule has 24 heavy (non-hydrogen) atoms. The number of benzene rings is 2. The zero-order chi connectivity index (χ0) is 16.9. The predicted octanol–water partition coefficient (Wildman–Crippen LogP) is 1.69. The number of methoxy groups -OCH3 is 1. The predicted molar refractivity (Wildman–Crippen MR) is 86.7 cm³/mol. The molecule has 7 nitrogen and oxygen atoms in total. The molecule has 1 atom stereocenters. The number of phenols is 1. The monoisotopic (exact) mass is 328 g/mol. The quantitative estimate of drug-likeness (QED) is 0.658. The number of ether oxygens (including phenoxy) is 3. The summed E-state index contributed by atoms with van der Waals surface area (Å²) in [4.78, 5) is 12.1. The summed E-state index contributed by atoms with van der Waals surface area (Å²) in [7, 11) is 1.45. The molecule has 0 saturated heterocycles. The van der Waals surface area contributed by atoms with E-state index < -0.39 is 12.0 Å². The van der Waals surface area contributed by atoms with E-state index in [-0.39, 0.29) is 12.4 Å². The van der Waals surface area contributed by atoms with Crippen molar-refractivity contribution < 1.29 is 24.1 Å². The van der Waals surface area contributed by atoms with Crippen molar-refractivity contribution in [2.45, 2.75) is 6.10 Å². The summed E-state index contributed by atoms with van der Waals surface area (Å²) < 4.78 is 16.1. The number of carbonyl (C=O) groups is 1. The highest BCUT2D eigenvalue weighted by molar-refractivity contribution is 5.87. The van der Waals surface area contributed by atoms with Gasteiger partial charge in [0.15, 0.2) is 23.0 Å². The van der Waals surface area contributed by atoms with E-state index in [1.165, 1.54) is 13.3 Å². The van der Waals surface area contributed by atoms with Gasteiger partial charge in [-0.25, -0.2) is 5.43 Å². The van der Waals surface area contributed by atoms with Gasteiger partial charge in [0, 0.05) is 5.56 Å². The van der Waals surface area contributed by atoms with Crippen LogP contribution in [0, 0.1) is 0 Å². The van der Waals surface area contributed by atoms with Gasteiger partial charge in [0.05, 0.1) is 13.3 Å². The molecule has 0 radical (unpaired) electrons. The molecule has 0 aromatic heterocycles. The Balaban J connectivity index is 1.62. The zero-order valence-electron chi connectivity index (χ0n) is 12.9. The first kappa shape index (κ1) is 15.7. The number of hydrogen-bond donors (Lipinski definition) is 2. The molecule has 0 saturated carbocycles. The Morgan fingerprint density at radius 3 is 2.88 bits per heavy atom. The van der Waals surface area contributed by atoms with Crippen LogP contribution in [0.15, 0.2) is 47.6 Å². The van der Waals surface area contributed by atoms with Crippen molar-refractivity contribution in [1.82, 2.24) is 5.43 Å². The molecular weight excluding hydrogens is 312 g/mol. The maximum atomic E-state index is 12.1.